The number of alkyl halides is 1. The molecule has 3 fully saturated rings. The lowest BCUT2D eigenvalue weighted by Gasteiger charge is -2.49. The fourth-order valence-electron chi connectivity index (χ4n) is 13.2. The van der Waals surface area contributed by atoms with E-state index in [0.29, 0.717) is 48.3 Å². The van der Waals surface area contributed by atoms with Crippen LogP contribution in [0.5, 0.6) is 0 Å². The summed E-state index contributed by atoms with van der Waals surface area (Å²) in [5, 5.41) is 68.7. The first-order valence-electron chi connectivity index (χ1n) is 29.1. The van der Waals surface area contributed by atoms with Crippen LogP contribution in [0.25, 0.3) is 0 Å². The van der Waals surface area contributed by atoms with E-state index in [-0.39, 0.29) is 43.2 Å². The number of aliphatic hydroxyl groups excluding tert-OH is 3. The number of Topliss-reactive ketones (excluding diaryl/α,β-unsaturated/α-hetero) is 2. The van der Waals surface area contributed by atoms with Crippen molar-refractivity contribution in [2.45, 2.75) is 210 Å². The minimum Gasteiger partial charge on any atom is -0.459 e. The van der Waals surface area contributed by atoms with E-state index in [4.69, 9.17) is 33.2 Å². The van der Waals surface area contributed by atoms with Crippen molar-refractivity contribution in [2.75, 3.05) is 48.1 Å². The molecule has 0 unspecified atom stereocenters. The van der Waals surface area contributed by atoms with Crippen LogP contribution in [0.2, 0.25) is 0 Å². The van der Waals surface area contributed by atoms with Gasteiger partial charge in [-0.2, -0.15) is 0 Å². The standard InChI is InChI=1S/C61H92FN5O15/c1-15-47-61(10,75)54(71)37(6)66(12)31-33(2)28-59(8,74)56(35(4)52(36(5)57(73)80-47)81-48-29-60(9,77-14)55(72)38(7)79-48)82-58-51(70)45(26-34(3)78-58)65(11)25-24-41-32-67(64-63-41)46(30-62)53(76-13)40-22-20-39(21-23-40)27-44-49(68)42-18-16-17-19-43(42)50(44)69/h16-23,32-38,44-48,51-56,58,70-72,74-75H,15,24-31H2,1-14H3/t33-,34-,35+,36-,37-,38+,45+,46-,47-,48+,51-,52+,53-,54-,55+,56-,58+,59-,60-,61-/m1/s1. The SMILES string of the molecule is CC[C@H]1OC(=O)[C@H](C)[C@@H](O[C@H]2C[C@@](C)(OC)[C@@H](O)[C@H](C)O2)[C@H](C)[C@@H](O[C@@H]2O[C@H](C)C[C@H](N(C)CCc3cn([C@H](CF)[C@H](OC)c4ccc(CC5C(=O)c6ccccc6C5=O)cc4)nn3)[C@H]2O)[C@](C)(O)C[C@@H](C)CN(C)[C@H](C)[C@@H](O)[C@]1(C)O. The fourth-order valence-corrected chi connectivity index (χ4v) is 13.2. The molecule has 20 nitrogen and oxygen atoms in total. The van der Waals surface area contributed by atoms with E-state index >= 15 is 4.39 Å². The number of methoxy groups -OCH3 is 2. The lowest BCUT2D eigenvalue weighted by Crippen LogP contribution is -2.61. The molecule has 1 aliphatic carbocycles. The highest BCUT2D eigenvalue weighted by atomic mass is 19.1. The second-order valence-corrected chi connectivity index (χ2v) is 24.8. The third kappa shape index (κ3) is 14.0. The number of hydrogen-bond donors (Lipinski definition) is 5. The average Bonchev–Trinajstić information content (AvgIpc) is 4.11. The molecule has 2 aromatic carbocycles. The predicted molar refractivity (Wildman–Crippen MR) is 300 cm³/mol. The summed E-state index contributed by atoms with van der Waals surface area (Å²) in [6, 6.07) is 12.1. The Labute approximate surface area is 482 Å². The first-order chi connectivity index (χ1) is 38.6. The van der Waals surface area contributed by atoms with Crippen molar-refractivity contribution >= 4 is 17.5 Å². The van der Waals surface area contributed by atoms with Gasteiger partial charge in [0.1, 0.15) is 48.8 Å². The van der Waals surface area contributed by atoms with Crippen LogP contribution in [0.1, 0.15) is 145 Å². The molecule has 21 heteroatoms. The molecule has 0 radical (unpaired) electrons. The average molecular weight is 1150 g/mol. The van der Waals surface area contributed by atoms with Crippen molar-refractivity contribution in [3.8, 4) is 0 Å². The molecule has 0 saturated carbocycles. The van der Waals surface area contributed by atoms with E-state index in [9.17, 15) is 39.9 Å². The number of benzene rings is 2. The predicted octanol–water partition coefficient (Wildman–Crippen LogP) is 5.24. The number of ether oxygens (including phenoxy) is 7. The summed E-state index contributed by atoms with van der Waals surface area (Å²) >= 11 is 0. The number of halogens is 1. The largest absolute Gasteiger partial charge is 0.459 e. The molecule has 458 valence electrons. The zero-order valence-electron chi connectivity index (χ0n) is 50.4. The smallest absolute Gasteiger partial charge is 0.311 e. The summed E-state index contributed by atoms with van der Waals surface area (Å²) in [4.78, 5) is 44.6. The number of nitrogens with zero attached hydrogens (tertiary/aromatic N) is 5. The maximum Gasteiger partial charge on any atom is 0.311 e. The van der Waals surface area contributed by atoms with E-state index in [1.54, 1.807) is 91.1 Å². The molecule has 0 bridgehead atoms. The van der Waals surface area contributed by atoms with Crippen LogP contribution in [-0.2, 0) is 50.8 Å². The third-order valence-electron chi connectivity index (χ3n) is 18.3. The van der Waals surface area contributed by atoms with Crippen LogP contribution < -0.4 is 0 Å². The molecular weight excluding hydrogens is 1060 g/mol. The molecule has 82 heavy (non-hydrogen) atoms. The van der Waals surface area contributed by atoms with Crippen molar-refractivity contribution in [1.29, 1.82) is 0 Å². The molecule has 20 atom stereocenters. The number of ketones is 2. The Kier molecular flexibility index (Phi) is 21.5. The van der Waals surface area contributed by atoms with Crippen molar-refractivity contribution in [2.24, 2.45) is 23.7 Å². The number of rotatable bonds is 17. The van der Waals surface area contributed by atoms with Gasteiger partial charge in [-0.05, 0) is 105 Å². The highest BCUT2D eigenvalue weighted by molar-refractivity contribution is 6.26. The lowest BCUT2D eigenvalue weighted by molar-refractivity contribution is -0.318. The van der Waals surface area contributed by atoms with E-state index in [1.807, 2.05) is 49.9 Å². The molecule has 1 aromatic heterocycles. The number of fused-ring (bicyclic) bond motifs is 1. The number of cyclic esters (lactones) is 1. The van der Waals surface area contributed by atoms with Crippen LogP contribution in [0, 0.1) is 23.7 Å². The van der Waals surface area contributed by atoms with Crippen LogP contribution in [0.15, 0.2) is 54.7 Å². The van der Waals surface area contributed by atoms with E-state index in [1.165, 1.54) is 25.8 Å². The fraction of sp³-hybridized carbons (Fsp3) is 0.721. The highest BCUT2D eigenvalue weighted by Gasteiger charge is 2.53. The molecule has 0 spiro atoms. The van der Waals surface area contributed by atoms with Crippen LogP contribution in [0.3, 0.4) is 0 Å². The second-order valence-electron chi connectivity index (χ2n) is 24.8. The summed E-state index contributed by atoms with van der Waals surface area (Å²) in [7, 11) is 6.67. The Morgan fingerprint density at radius 1 is 0.890 bits per heavy atom. The molecule has 3 aromatic rings. The first-order valence-corrected chi connectivity index (χ1v) is 29.1. The number of esters is 1. The van der Waals surface area contributed by atoms with Crippen LogP contribution in [-0.4, -0.2) is 206 Å². The Morgan fingerprint density at radius 2 is 1.54 bits per heavy atom. The van der Waals surface area contributed by atoms with Crippen molar-refractivity contribution in [3.63, 3.8) is 0 Å². The number of hydrogen-bond acceptors (Lipinski definition) is 19. The van der Waals surface area contributed by atoms with E-state index in [0.717, 1.165) is 5.56 Å². The first kappa shape index (κ1) is 65.3. The van der Waals surface area contributed by atoms with Crippen molar-refractivity contribution < 1.29 is 77.5 Å². The molecular formula is C61H92FN5O15. The third-order valence-corrected chi connectivity index (χ3v) is 18.3. The van der Waals surface area contributed by atoms with Gasteiger partial charge < -0.3 is 68.5 Å². The molecule has 7 rings (SSSR count). The quantitative estimate of drug-likeness (QED) is 0.0856. The number of aliphatic hydroxyl groups is 5. The van der Waals surface area contributed by atoms with Crippen molar-refractivity contribution in [1.82, 2.24) is 24.8 Å². The van der Waals surface area contributed by atoms with Crippen LogP contribution in [0.4, 0.5) is 4.39 Å². The zero-order chi connectivity index (χ0) is 60.3. The number of likely N-dealkylation sites (N-methyl/N-ethyl adjacent to an activating group) is 2. The maximum atomic E-state index is 15.1. The zero-order valence-corrected chi connectivity index (χ0v) is 50.4. The minimum absolute atomic E-state index is 0.0701. The topological polar surface area (TPSA) is 254 Å². The number of carbonyl (C=O) groups is 3. The number of aromatic nitrogens is 3. The summed E-state index contributed by atoms with van der Waals surface area (Å²) in [5.41, 5.74) is -1.74. The molecule has 5 N–H and O–H groups in total. The maximum absolute atomic E-state index is 15.1. The highest BCUT2D eigenvalue weighted by Crippen LogP contribution is 2.41. The normalized spacial score (nSPS) is 37.5. The monoisotopic (exact) mass is 1150 g/mol. The van der Waals surface area contributed by atoms with Gasteiger partial charge in [-0.25, -0.2) is 9.07 Å². The molecule has 4 aliphatic rings. The van der Waals surface area contributed by atoms with Crippen molar-refractivity contribution in [3.05, 3.63) is 82.7 Å². The summed E-state index contributed by atoms with van der Waals surface area (Å²) in [5.74, 6) is -4.13. The van der Waals surface area contributed by atoms with E-state index in [2.05, 4.69) is 10.3 Å². The van der Waals surface area contributed by atoms with Gasteiger partial charge in [-0.3, -0.25) is 14.4 Å². The van der Waals surface area contributed by atoms with E-state index < -0.39 is 133 Å². The van der Waals surface area contributed by atoms with Gasteiger partial charge in [0.05, 0.1) is 53.1 Å². The minimum atomic E-state index is -1.87. The van der Waals surface area contributed by atoms with Gasteiger partial charge in [-0.15, -0.1) is 5.10 Å². The van der Waals surface area contributed by atoms with Gasteiger partial charge >= 0.3 is 5.97 Å². The molecule has 3 aliphatic heterocycles. The van der Waals surface area contributed by atoms with Crippen LogP contribution >= 0.6 is 0 Å². The number of carbonyl (C=O) groups excluding carboxylic acids is 3. The van der Waals surface area contributed by atoms with Gasteiger partial charge in [0, 0.05) is 75.5 Å². The Bertz CT molecular complexity index is 2570. The molecule has 0 amide bonds. The van der Waals surface area contributed by atoms with Gasteiger partial charge in [0.25, 0.3) is 0 Å². The Balaban J connectivity index is 1.09. The summed E-state index contributed by atoms with van der Waals surface area (Å²) in [6.45, 7) is 17.3. The van der Waals surface area contributed by atoms with Gasteiger partial charge in [0.2, 0.25) is 0 Å². The molecule has 3 saturated heterocycles. The summed E-state index contributed by atoms with van der Waals surface area (Å²) in [6.07, 6.45) is -8.21. The Hall–Kier alpha value is -4.20. The van der Waals surface area contributed by atoms with Gasteiger partial charge in [-0.1, -0.05) is 74.5 Å². The lowest BCUT2D eigenvalue weighted by atomic mass is 9.77. The van der Waals surface area contributed by atoms with Gasteiger partial charge in [0.15, 0.2) is 24.1 Å². The second kappa shape index (κ2) is 27.0. The summed E-state index contributed by atoms with van der Waals surface area (Å²) < 4.78 is 60.8. The Morgan fingerprint density at radius 3 is 2.13 bits per heavy atom. The molecule has 4 heterocycles.